The van der Waals surface area contributed by atoms with Gasteiger partial charge in [-0.3, -0.25) is 14.5 Å². The summed E-state index contributed by atoms with van der Waals surface area (Å²) < 4.78 is 0. The molecule has 1 aromatic heterocycles. The van der Waals surface area contributed by atoms with E-state index in [-0.39, 0.29) is 23.7 Å². The van der Waals surface area contributed by atoms with Crippen molar-refractivity contribution in [1.29, 1.82) is 0 Å². The van der Waals surface area contributed by atoms with E-state index in [4.69, 9.17) is 5.73 Å². The van der Waals surface area contributed by atoms with Crippen molar-refractivity contribution in [3.8, 4) is 0 Å². The summed E-state index contributed by atoms with van der Waals surface area (Å²) in [6.07, 6.45) is 7.00. The predicted molar refractivity (Wildman–Crippen MR) is 112 cm³/mol. The zero-order valence-corrected chi connectivity index (χ0v) is 17.1. The number of amides is 2. The number of hydrogen-bond acceptors (Lipinski definition) is 5. The van der Waals surface area contributed by atoms with Gasteiger partial charge in [0.1, 0.15) is 5.82 Å². The van der Waals surface area contributed by atoms with E-state index in [0.29, 0.717) is 18.4 Å². The number of nitrogens with zero attached hydrogens (tertiary/aromatic N) is 3. The topological polar surface area (TPSA) is 91.6 Å². The molecule has 3 aliphatic rings. The van der Waals surface area contributed by atoms with Crippen LogP contribution in [0, 0.1) is 23.7 Å². The number of hydrogen-bond donors (Lipinski definition) is 2. The number of carbonyl (C=O) groups excluding carboxylic acids is 2. The van der Waals surface area contributed by atoms with Gasteiger partial charge in [-0.15, -0.1) is 0 Å². The highest BCUT2D eigenvalue weighted by Gasteiger charge is 2.52. The number of pyridine rings is 1. The predicted octanol–water partition coefficient (Wildman–Crippen LogP) is 1.25. The Bertz CT molecular complexity index is 704. The Balaban J connectivity index is 1.12. The van der Waals surface area contributed by atoms with E-state index >= 15 is 0 Å². The Labute approximate surface area is 173 Å². The van der Waals surface area contributed by atoms with Crippen LogP contribution >= 0.6 is 0 Å². The maximum Gasteiger partial charge on any atom is 0.224 e. The molecule has 0 unspecified atom stereocenters. The Morgan fingerprint density at radius 3 is 2.52 bits per heavy atom. The van der Waals surface area contributed by atoms with Crippen LogP contribution < -0.4 is 16.0 Å². The summed E-state index contributed by atoms with van der Waals surface area (Å²) in [6.45, 7) is 5.86. The molecule has 1 aliphatic heterocycles. The molecule has 2 heterocycles. The highest BCUT2D eigenvalue weighted by atomic mass is 16.2. The van der Waals surface area contributed by atoms with Crippen LogP contribution in [0.1, 0.15) is 32.1 Å². The van der Waals surface area contributed by atoms with Gasteiger partial charge >= 0.3 is 0 Å². The van der Waals surface area contributed by atoms with Crippen molar-refractivity contribution < 1.29 is 9.59 Å². The van der Waals surface area contributed by atoms with Crippen molar-refractivity contribution in [2.24, 2.45) is 29.4 Å². The van der Waals surface area contributed by atoms with Crippen molar-refractivity contribution in [3.05, 3.63) is 24.4 Å². The number of primary amides is 1. The lowest BCUT2D eigenvalue weighted by atomic mass is 9.78. The molecular weight excluding hydrogens is 366 g/mol. The number of carbonyl (C=O) groups is 2. The van der Waals surface area contributed by atoms with E-state index < -0.39 is 0 Å². The van der Waals surface area contributed by atoms with Gasteiger partial charge in [0.25, 0.3) is 0 Å². The van der Waals surface area contributed by atoms with Crippen LogP contribution in [0.4, 0.5) is 5.82 Å². The van der Waals surface area contributed by atoms with Crippen LogP contribution in [-0.4, -0.2) is 61.0 Å². The minimum absolute atomic E-state index is 0.0463. The van der Waals surface area contributed by atoms with Crippen molar-refractivity contribution >= 4 is 17.6 Å². The fourth-order valence-electron chi connectivity index (χ4n) is 5.61. The molecule has 3 fully saturated rings. The Morgan fingerprint density at radius 2 is 1.83 bits per heavy atom. The fourth-order valence-corrected chi connectivity index (χ4v) is 5.61. The first-order valence-corrected chi connectivity index (χ1v) is 11.1. The molecule has 2 bridgehead atoms. The molecule has 0 aromatic carbocycles. The first-order chi connectivity index (χ1) is 14.1. The highest BCUT2D eigenvalue weighted by molar-refractivity contribution is 5.88. The summed E-state index contributed by atoms with van der Waals surface area (Å²) >= 11 is 0. The molecule has 1 saturated heterocycles. The lowest BCUT2D eigenvalue weighted by Gasteiger charge is -2.35. The van der Waals surface area contributed by atoms with E-state index in [2.05, 4.69) is 26.2 Å². The van der Waals surface area contributed by atoms with Gasteiger partial charge in [-0.25, -0.2) is 4.98 Å². The van der Waals surface area contributed by atoms with Gasteiger partial charge in [-0.1, -0.05) is 6.07 Å². The number of anilines is 1. The van der Waals surface area contributed by atoms with Crippen molar-refractivity contribution in [3.63, 3.8) is 0 Å². The SMILES string of the molecule is NC(=O)[C@H]1[C@@H]2CC[C@@H](C2)[C@H]1C(=O)NCCCCN1CCN(c2ccccn2)CC1. The van der Waals surface area contributed by atoms with Crippen LogP contribution in [0.3, 0.4) is 0 Å². The fraction of sp³-hybridized carbons (Fsp3) is 0.682. The molecule has 29 heavy (non-hydrogen) atoms. The Morgan fingerprint density at radius 1 is 1.07 bits per heavy atom. The Kier molecular flexibility index (Phi) is 6.33. The van der Waals surface area contributed by atoms with Crippen molar-refractivity contribution in [1.82, 2.24) is 15.2 Å². The molecule has 2 amide bonds. The number of rotatable bonds is 8. The first kappa shape index (κ1) is 20.1. The molecule has 158 valence electrons. The van der Waals surface area contributed by atoms with Gasteiger partial charge in [0.05, 0.1) is 11.8 Å². The van der Waals surface area contributed by atoms with Crippen molar-refractivity contribution in [2.45, 2.75) is 32.1 Å². The van der Waals surface area contributed by atoms with Crippen LogP contribution in [0.15, 0.2) is 24.4 Å². The molecule has 7 heteroatoms. The van der Waals surface area contributed by atoms with Crippen molar-refractivity contribution in [2.75, 3.05) is 44.2 Å². The summed E-state index contributed by atoms with van der Waals surface area (Å²) in [6, 6.07) is 6.05. The summed E-state index contributed by atoms with van der Waals surface area (Å²) in [7, 11) is 0. The molecule has 2 aliphatic carbocycles. The summed E-state index contributed by atoms with van der Waals surface area (Å²) in [5, 5.41) is 3.08. The van der Waals surface area contributed by atoms with Gasteiger partial charge in [0.15, 0.2) is 0 Å². The number of nitrogens with two attached hydrogens (primary N) is 1. The van der Waals surface area contributed by atoms with Gasteiger partial charge < -0.3 is 16.0 Å². The third-order valence-electron chi connectivity index (χ3n) is 7.09. The van der Waals surface area contributed by atoms with Crippen LogP contribution in [0.5, 0.6) is 0 Å². The third kappa shape index (κ3) is 4.55. The summed E-state index contributed by atoms with van der Waals surface area (Å²) in [5.74, 6) is 1.07. The molecule has 4 rings (SSSR count). The monoisotopic (exact) mass is 399 g/mol. The first-order valence-electron chi connectivity index (χ1n) is 11.1. The van der Waals surface area contributed by atoms with Gasteiger partial charge in [-0.05, 0) is 62.6 Å². The number of nitrogens with one attached hydrogen (secondary N) is 1. The zero-order chi connectivity index (χ0) is 20.2. The minimum Gasteiger partial charge on any atom is -0.369 e. The minimum atomic E-state index is -0.290. The lowest BCUT2D eigenvalue weighted by molar-refractivity contribution is -0.135. The molecular formula is C22H33N5O2. The number of piperazine rings is 1. The quantitative estimate of drug-likeness (QED) is 0.642. The summed E-state index contributed by atoms with van der Waals surface area (Å²) in [4.78, 5) is 33.7. The second-order valence-electron chi connectivity index (χ2n) is 8.80. The smallest absolute Gasteiger partial charge is 0.224 e. The van der Waals surface area contributed by atoms with E-state index in [9.17, 15) is 9.59 Å². The molecule has 7 nitrogen and oxygen atoms in total. The van der Waals surface area contributed by atoms with E-state index in [0.717, 1.165) is 70.6 Å². The average molecular weight is 400 g/mol. The molecule has 0 radical (unpaired) electrons. The van der Waals surface area contributed by atoms with Gasteiger partial charge in [0, 0.05) is 38.9 Å². The maximum atomic E-state index is 12.6. The standard InChI is InChI=1S/C22H33N5O2/c23-21(28)19-16-6-7-17(15-16)20(19)22(29)25-9-3-4-10-26-11-13-27(14-12-26)18-5-1-2-8-24-18/h1-2,5,8,16-17,19-20H,3-4,6-7,9-15H2,(H2,23,28)(H,25,29)/t16-,17+,19+,20-/m1/s1. The highest BCUT2D eigenvalue weighted by Crippen LogP contribution is 2.52. The molecule has 3 N–H and O–H groups in total. The van der Waals surface area contributed by atoms with E-state index in [1.165, 1.54) is 0 Å². The average Bonchev–Trinajstić information content (AvgIpc) is 3.36. The summed E-state index contributed by atoms with van der Waals surface area (Å²) in [5.41, 5.74) is 5.59. The molecule has 0 spiro atoms. The van der Waals surface area contributed by atoms with E-state index in [1.807, 2.05) is 18.3 Å². The number of unbranched alkanes of at least 4 members (excludes halogenated alkanes) is 1. The molecule has 2 saturated carbocycles. The van der Waals surface area contributed by atoms with Gasteiger partial charge in [0.2, 0.25) is 11.8 Å². The lowest BCUT2D eigenvalue weighted by Crippen LogP contribution is -2.47. The number of aromatic nitrogens is 1. The third-order valence-corrected chi connectivity index (χ3v) is 7.09. The van der Waals surface area contributed by atoms with Crippen LogP contribution in [-0.2, 0) is 9.59 Å². The zero-order valence-electron chi connectivity index (χ0n) is 17.1. The van der Waals surface area contributed by atoms with Crippen LogP contribution in [0.2, 0.25) is 0 Å². The second kappa shape index (κ2) is 9.11. The van der Waals surface area contributed by atoms with Crippen LogP contribution in [0.25, 0.3) is 0 Å². The normalized spacial score (nSPS) is 29.2. The number of fused-ring (bicyclic) bond motifs is 2. The maximum absolute atomic E-state index is 12.6. The largest absolute Gasteiger partial charge is 0.369 e. The molecule has 1 aromatic rings. The van der Waals surface area contributed by atoms with E-state index in [1.54, 1.807) is 0 Å². The Hall–Kier alpha value is -2.15. The van der Waals surface area contributed by atoms with Gasteiger partial charge in [-0.2, -0.15) is 0 Å². The second-order valence-corrected chi connectivity index (χ2v) is 8.80. The molecule has 4 atom stereocenters.